The average Bonchev–Trinajstić information content (AvgIpc) is 2.47. The molecule has 4 heteroatoms. The van der Waals surface area contributed by atoms with Crippen LogP contribution in [0.2, 0.25) is 0 Å². The van der Waals surface area contributed by atoms with Crippen molar-refractivity contribution in [2.45, 2.75) is 104 Å². The maximum Gasteiger partial charge on any atom is 0.309 e. The van der Waals surface area contributed by atoms with Gasteiger partial charge in [-0.05, 0) is 26.7 Å². The highest BCUT2D eigenvalue weighted by atomic mass is 16.6. The fraction of sp³-hybridized carbons (Fsp3) is 0.895. The number of carbonyl (C=O) groups is 2. The normalized spacial score (nSPS) is 26.5. The molecule has 0 N–H and O–H groups in total. The molecule has 3 atom stereocenters. The number of hydrogen-bond acceptors (Lipinski definition) is 4. The van der Waals surface area contributed by atoms with Gasteiger partial charge in [-0.2, -0.15) is 0 Å². The Balaban J connectivity index is 2.36. The molecule has 1 rings (SSSR count). The third-order valence-corrected chi connectivity index (χ3v) is 4.50. The summed E-state index contributed by atoms with van der Waals surface area (Å²) in [7, 11) is 0. The van der Waals surface area contributed by atoms with Gasteiger partial charge in [0.2, 0.25) is 0 Å². The Morgan fingerprint density at radius 2 is 1.52 bits per heavy atom. The van der Waals surface area contributed by atoms with Gasteiger partial charge in [-0.1, -0.05) is 51.9 Å². The lowest BCUT2D eigenvalue weighted by atomic mass is 9.95. The summed E-state index contributed by atoms with van der Waals surface area (Å²) in [5.41, 5.74) is 0. The summed E-state index contributed by atoms with van der Waals surface area (Å²) in [5.74, 6) is -0.483. The van der Waals surface area contributed by atoms with Gasteiger partial charge in [-0.15, -0.1) is 0 Å². The Morgan fingerprint density at radius 1 is 0.913 bits per heavy atom. The molecule has 1 unspecified atom stereocenters. The van der Waals surface area contributed by atoms with E-state index in [4.69, 9.17) is 9.47 Å². The largest absolute Gasteiger partial charge is 0.463 e. The minimum atomic E-state index is -0.194. The van der Waals surface area contributed by atoms with E-state index in [1.165, 1.54) is 32.1 Å². The second kappa shape index (κ2) is 11.5. The van der Waals surface area contributed by atoms with Gasteiger partial charge in [-0.3, -0.25) is 9.59 Å². The first-order chi connectivity index (χ1) is 11.0. The zero-order valence-electron chi connectivity index (χ0n) is 15.1. The molecule has 1 saturated heterocycles. The highest BCUT2D eigenvalue weighted by Gasteiger charge is 2.26. The maximum absolute atomic E-state index is 12.3. The van der Waals surface area contributed by atoms with E-state index in [9.17, 15) is 9.59 Å². The zero-order valence-corrected chi connectivity index (χ0v) is 15.1. The molecule has 0 aromatic rings. The number of unbranched alkanes of at least 4 members (excludes halogenated alkanes) is 6. The van der Waals surface area contributed by atoms with Crippen molar-refractivity contribution in [3.63, 3.8) is 0 Å². The van der Waals surface area contributed by atoms with Crippen LogP contribution in [0.1, 0.15) is 91.4 Å². The third-order valence-electron chi connectivity index (χ3n) is 4.50. The first kappa shape index (κ1) is 20.0. The van der Waals surface area contributed by atoms with E-state index >= 15 is 0 Å². The molecule has 0 amide bonds. The van der Waals surface area contributed by atoms with E-state index in [2.05, 4.69) is 6.92 Å². The SMILES string of the molecule is CCCCCCCCCC1CCC(=O)O[C@H](C)C[C@@H](C)OC1=O. The summed E-state index contributed by atoms with van der Waals surface area (Å²) in [6.45, 7) is 5.94. The van der Waals surface area contributed by atoms with Crippen LogP contribution >= 0.6 is 0 Å². The molecule has 0 aromatic carbocycles. The van der Waals surface area contributed by atoms with Crippen LogP contribution in [0.5, 0.6) is 0 Å². The van der Waals surface area contributed by atoms with Gasteiger partial charge >= 0.3 is 11.9 Å². The van der Waals surface area contributed by atoms with Crippen molar-refractivity contribution in [1.82, 2.24) is 0 Å². The summed E-state index contributed by atoms with van der Waals surface area (Å²) in [4.78, 5) is 24.1. The molecule has 1 aliphatic rings. The molecule has 23 heavy (non-hydrogen) atoms. The van der Waals surface area contributed by atoms with E-state index < -0.39 is 0 Å². The molecule has 4 nitrogen and oxygen atoms in total. The van der Waals surface area contributed by atoms with Gasteiger partial charge in [0.05, 0.1) is 5.92 Å². The second-order valence-electron chi connectivity index (χ2n) is 6.93. The summed E-state index contributed by atoms with van der Waals surface area (Å²) < 4.78 is 10.9. The van der Waals surface area contributed by atoms with Crippen molar-refractivity contribution in [3.05, 3.63) is 0 Å². The van der Waals surface area contributed by atoms with Crippen molar-refractivity contribution in [3.8, 4) is 0 Å². The van der Waals surface area contributed by atoms with Crippen molar-refractivity contribution in [2.75, 3.05) is 0 Å². The Labute approximate surface area is 141 Å². The standard InChI is InChI=1S/C19H34O4/c1-4-5-6-7-8-9-10-11-17-12-13-18(20)22-15(2)14-16(3)23-19(17)21/h15-17H,4-14H2,1-3H3/t15-,16-,17?/m1/s1. The number of hydrogen-bond donors (Lipinski definition) is 0. The van der Waals surface area contributed by atoms with Crippen LogP contribution in [-0.4, -0.2) is 24.1 Å². The molecule has 1 fully saturated rings. The summed E-state index contributed by atoms with van der Waals surface area (Å²) in [6, 6.07) is 0. The zero-order chi connectivity index (χ0) is 17.1. The van der Waals surface area contributed by atoms with Crippen molar-refractivity contribution >= 4 is 11.9 Å². The predicted octanol–water partition coefficient (Wildman–Crippen LogP) is 4.79. The number of cyclic esters (lactones) is 2. The lowest BCUT2D eigenvalue weighted by Gasteiger charge is -2.24. The summed E-state index contributed by atoms with van der Waals surface area (Å²) in [6.07, 6.45) is 10.5. The smallest absolute Gasteiger partial charge is 0.309 e. The van der Waals surface area contributed by atoms with Gasteiger partial charge in [0.15, 0.2) is 0 Å². The molecule has 0 aliphatic carbocycles. The van der Waals surface area contributed by atoms with Crippen LogP contribution in [-0.2, 0) is 19.1 Å². The molecule has 1 heterocycles. The van der Waals surface area contributed by atoms with Gasteiger partial charge in [0.1, 0.15) is 12.2 Å². The van der Waals surface area contributed by atoms with Crippen molar-refractivity contribution in [2.24, 2.45) is 5.92 Å². The van der Waals surface area contributed by atoms with E-state index in [1.807, 2.05) is 13.8 Å². The van der Waals surface area contributed by atoms with Gasteiger partial charge < -0.3 is 9.47 Å². The molecule has 0 aromatic heterocycles. The molecular formula is C19H34O4. The number of ether oxygens (including phenoxy) is 2. The minimum absolute atomic E-state index is 0.134. The third kappa shape index (κ3) is 8.97. The quantitative estimate of drug-likeness (QED) is 0.475. The van der Waals surface area contributed by atoms with Crippen LogP contribution in [0.3, 0.4) is 0 Å². The Kier molecular flexibility index (Phi) is 9.97. The Bertz CT molecular complexity index is 353. The van der Waals surface area contributed by atoms with Crippen LogP contribution in [0.15, 0.2) is 0 Å². The predicted molar refractivity (Wildman–Crippen MR) is 91.1 cm³/mol. The number of rotatable bonds is 8. The van der Waals surface area contributed by atoms with E-state index in [0.29, 0.717) is 19.3 Å². The Morgan fingerprint density at radius 3 is 2.22 bits per heavy atom. The molecule has 0 saturated carbocycles. The molecular weight excluding hydrogens is 292 g/mol. The molecule has 0 spiro atoms. The van der Waals surface area contributed by atoms with E-state index in [1.54, 1.807) is 0 Å². The van der Waals surface area contributed by atoms with Crippen LogP contribution < -0.4 is 0 Å². The first-order valence-corrected chi connectivity index (χ1v) is 9.42. The topological polar surface area (TPSA) is 52.6 Å². The van der Waals surface area contributed by atoms with Crippen molar-refractivity contribution < 1.29 is 19.1 Å². The lowest BCUT2D eigenvalue weighted by molar-refractivity contribution is -0.161. The second-order valence-corrected chi connectivity index (χ2v) is 6.93. The highest BCUT2D eigenvalue weighted by Crippen LogP contribution is 2.22. The monoisotopic (exact) mass is 326 g/mol. The fourth-order valence-corrected chi connectivity index (χ4v) is 3.16. The summed E-state index contributed by atoms with van der Waals surface area (Å²) >= 11 is 0. The molecule has 134 valence electrons. The molecule has 0 radical (unpaired) electrons. The van der Waals surface area contributed by atoms with Gasteiger partial charge in [-0.25, -0.2) is 0 Å². The number of esters is 2. The lowest BCUT2D eigenvalue weighted by Crippen LogP contribution is -2.29. The minimum Gasteiger partial charge on any atom is -0.463 e. The van der Waals surface area contributed by atoms with Crippen LogP contribution in [0.25, 0.3) is 0 Å². The molecule has 1 aliphatic heterocycles. The number of carbonyl (C=O) groups excluding carboxylic acids is 2. The maximum atomic E-state index is 12.3. The average molecular weight is 326 g/mol. The summed E-state index contributed by atoms with van der Waals surface area (Å²) in [5, 5.41) is 0. The van der Waals surface area contributed by atoms with Crippen LogP contribution in [0, 0.1) is 5.92 Å². The van der Waals surface area contributed by atoms with Crippen LogP contribution in [0.4, 0.5) is 0 Å². The van der Waals surface area contributed by atoms with E-state index in [0.717, 1.165) is 19.3 Å². The fourth-order valence-electron chi connectivity index (χ4n) is 3.16. The molecule has 0 bridgehead atoms. The van der Waals surface area contributed by atoms with E-state index in [-0.39, 0.29) is 30.1 Å². The van der Waals surface area contributed by atoms with Gasteiger partial charge in [0, 0.05) is 12.8 Å². The van der Waals surface area contributed by atoms with Crippen molar-refractivity contribution in [1.29, 1.82) is 0 Å². The highest BCUT2D eigenvalue weighted by molar-refractivity contribution is 5.75. The Hall–Kier alpha value is -1.06. The van der Waals surface area contributed by atoms with Gasteiger partial charge in [0.25, 0.3) is 0 Å². The first-order valence-electron chi connectivity index (χ1n) is 9.42.